The minimum atomic E-state index is 0.782. The highest BCUT2D eigenvalue weighted by atomic mass is 16.5. The molecule has 0 N–H and O–H groups in total. The van der Waals surface area contributed by atoms with Gasteiger partial charge in [0.25, 0.3) is 0 Å². The van der Waals surface area contributed by atoms with Crippen molar-refractivity contribution in [3.63, 3.8) is 0 Å². The SMILES string of the molecule is c1ccc2c(c1)ccn2CC1CCOCC1. The molecule has 0 radical (unpaired) electrons. The molecule has 0 atom stereocenters. The van der Waals surface area contributed by atoms with Crippen LogP contribution in [0.25, 0.3) is 10.9 Å². The van der Waals surface area contributed by atoms with Crippen molar-refractivity contribution in [2.75, 3.05) is 13.2 Å². The topological polar surface area (TPSA) is 14.2 Å². The maximum absolute atomic E-state index is 5.40. The van der Waals surface area contributed by atoms with Gasteiger partial charge in [-0.05, 0) is 36.3 Å². The van der Waals surface area contributed by atoms with Crippen molar-refractivity contribution in [3.8, 4) is 0 Å². The van der Waals surface area contributed by atoms with Gasteiger partial charge >= 0.3 is 0 Å². The van der Waals surface area contributed by atoms with Crippen LogP contribution in [0.2, 0.25) is 0 Å². The largest absolute Gasteiger partial charge is 0.381 e. The minimum Gasteiger partial charge on any atom is -0.381 e. The number of fused-ring (bicyclic) bond motifs is 1. The predicted molar refractivity (Wildman–Crippen MR) is 65.5 cm³/mol. The number of para-hydroxylation sites is 1. The van der Waals surface area contributed by atoms with Crippen molar-refractivity contribution in [2.45, 2.75) is 19.4 Å². The van der Waals surface area contributed by atoms with E-state index in [0.717, 1.165) is 25.7 Å². The molecule has 0 unspecified atom stereocenters. The van der Waals surface area contributed by atoms with Crippen molar-refractivity contribution < 1.29 is 4.74 Å². The fraction of sp³-hybridized carbons (Fsp3) is 0.429. The lowest BCUT2D eigenvalue weighted by Crippen LogP contribution is -2.19. The quantitative estimate of drug-likeness (QED) is 0.751. The summed E-state index contributed by atoms with van der Waals surface area (Å²) < 4.78 is 7.78. The van der Waals surface area contributed by atoms with Gasteiger partial charge in [0.05, 0.1) is 0 Å². The zero-order valence-corrected chi connectivity index (χ0v) is 9.43. The molecule has 0 spiro atoms. The maximum atomic E-state index is 5.40. The fourth-order valence-electron chi connectivity index (χ4n) is 2.51. The smallest absolute Gasteiger partial charge is 0.0480 e. The van der Waals surface area contributed by atoms with Gasteiger partial charge in [-0.3, -0.25) is 0 Å². The standard InChI is InChI=1S/C14H17NO/c1-2-4-14-13(3-1)5-8-15(14)11-12-6-9-16-10-7-12/h1-5,8,12H,6-7,9-11H2. The monoisotopic (exact) mass is 215 g/mol. The Bertz CT molecular complexity index is 468. The minimum absolute atomic E-state index is 0.782. The lowest BCUT2D eigenvalue weighted by Gasteiger charge is -2.22. The summed E-state index contributed by atoms with van der Waals surface area (Å²) in [6.07, 6.45) is 4.61. The molecule has 2 heteroatoms. The van der Waals surface area contributed by atoms with E-state index in [4.69, 9.17) is 4.74 Å². The van der Waals surface area contributed by atoms with E-state index in [2.05, 4.69) is 41.1 Å². The molecule has 2 heterocycles. The van der Waals surface area contributed by atoms with Gasteiger partial charge in [-0.25, -0.2) is 0 Å². The van der Waals surface area contributed by atoms with E-state index in [1.54, 1.807) is 0 Å². The molecule has 16 heavy (non-hydrogen) atoms. The van der Waals surface area contributed by atoms with Crippen molar-refractivity contribution in [1.82, 2.24) is 4.57 Å². The van der Waals surface area contributed by atoms with Gasteiger partial charge in [0, 0.05) is 31.5 Å². The van der Waals surface area contributed by atoms with E-state index in [1.165, 1.54) is 23.7 Å². The molecular weight excluding hydrogens is 198 g/mol. The fourth-order valence-corrected chi connectivity index (χ4v) is 2.51. The third-order valence-electron chi connectivity index (χ3n) is 3.48. The number of rotatable bonds is 2. The molecule has 1 aliphatic heterocycles. The van der Waals surface area contributed by atoms with Gasteiger partial charge in [-0.15, -0.1) is 0 Å². The van der Waals surface area contributed by atoms with Crippen molar-refractivity contribution >= 4 is 10.9 Å². The van der Waals surface area contributed by atoms with Gasteiger partial charge in [0.1, 0.15) is 0 Å². The van der Waals surface area contributed by atoms with E-state index in [0.29, 0.717) is 0 Å². The lowest BCUT2D eigenvalue weighted by molar-refractivity contribution is 0.0616. The summed E-state index contributed by atoms with van der Waals surface area (Å²) in [6, 6.07) is 10.8. The number of benzene rings is 1. The van der Waals surface area contributed by atoms with Crippen LogP contribution in [0, 0.1) is 5.92 Å². The van der Waals surface area contributed by atoms with Crippen LogP contribution in [-0.2, 0) is 11.3 Å². The summed E-state index contributed by atoms with van der Waals surface area (Å²) in [5.41, 5.74) is 1.36. The molecule has 84 valence electrons. The Morgan fingerprint density at radius 2 is 1.94 bits per heavy atom. The molecule has 1 saturated heterocycles. The van der Waals surface area contributed by atoms with Crippen molar-refractivity contribution in [3.05, 3.63) is 36.5 Å². The summed E-state index contributed by atoms with van der Waals surface area (Å²) in [5.74, 6) is 0.782. The molecular formula is C14H17NO. The molecule has 2 nitrogen and oxygen atoms in total. The van der Waals surface area contributed by atoms with Gasteiger partial charge in [-0.1, -0.05) is 18.2 Å². The Morgan fingerprint density at radius 3 is 2.81 bits per heavy atom. The van der Waals surface area contributed by atoms with E-state index in [9.17, 15) is 0 Å². The highest BCUT2D eigenvalue weighted by molar-refractivity contribution is 5.79. The average Bonchev–Trinajstić information content (AvgIpc) is 2.74. The van der Waals surface area contributed by atoms with Crippen LogP contribution in [0.15, 0.2) is 36.5 Å². The third kappa shape index (κ3) is 1.85. The second-order valence-electron chi connectivity index (χ2n) is 4.58. The van der Waals surface area contributed by atoms with Crippen molar-refractivity contribution in [2.24, 2.45) is 5.92 Å². The summed E-state index contributed by atoms with van der Waals surface area (Å²) in [6.45, 7) is 3.00. The second-order valence-corrected chi connectivity index (χ2v) is 4.58. The van der Waals surface area contributed by atoms with Crippen LogP contribution < -0.4 is 0 Å². The van der Waals surface area contributed by atoms with Gasteiger partial charge in [0.2, 0.25) is 0 Å². The van der Waals surface area contributed by atoms with Crippen LogP contribution in [0.4, 0.5) is 0 Å². The van der Waals surface area contributed by atoms with Gasteiger partial charge < -0.3 is 9.30 Å². The summed E-state index contributed by atoms with van der Waals surface area (Å²) >= 11 is 0. The molecule has 0 bridgehead atoms. The number of hydrogen-bond donors (Lipinski definition) is 0. The Hall–Kier alpha value is -1.28. The van der Waals surface area contributed by atoms with Gasteiger partial charge in [-0.2, -0.15) is 0 Å². The third-order valence-corrected chi connectivity index (χ3v) is 3.48. The second kappa shape index (κ2) is 4.30. The first-order chi connectivity index (χ1) is 7.93. The normalized spacial score (nSPS) is 18.0. The number of nitrogens with zero attached hydrogens (tertiary/aromatic N) is 1. The number of hydrogen-bond acceptors (Lipinski definition) is 1. The Morgan fingerprint density at radius 1 is 1.12 bits per heavy atom. The first kappa shape index (κ1) is 9.91. The van der Waals surface area contributed by atoms with Crippen LogP contribution in [-0.4, -0.2) is 17.8 Å². The zero-order valence-electron chi connectivity index (χ0n) is 9.43. The molecule has 0 amide bonds. The molecule has 1 aromatic heterocycles. The molecule has 2 aromatic rings. The van der Waals surface area contributed by atoms with E-state index in [-0.39, 0.29) is 0 Å². The maximum Gasteiger partial charge on any atom is 0.0480 e. The van der Waals surface area contributed by atoms with E-state index in [1.807, 2.05) is 0 Å². The highest BCUT2D eigenvalue weighted by Gasteiger charge is 2.14. The van der Waals surface area contributed by atoms with Crippen LogP contribution >= 0.6 is 0 Å². The van der Waals surface area contributed by atoms with Crippen LogP contribution in [0.1, 0.15) is 12.8 Å². The Kier molecular flexibility index (Phi) is 2.66. The first-order valence-corrected chi connectivity index (χ1v) is 6.05. The van der Waals surface area contributed by atoms with E-state index >= 15 is 0 Å². The predicted octanol–water partition coefficient (Wildman–Crippen LogP) is 3.07. The summed E-state index contributed by atoms with van der Waals surface area (Å²) in [7, 11) is 0. The highest BCUT2D eigenvalue weighted by Crippen LogP contribution is 2.21. The zero-order chi connectivity index (χ0) is 10.8. The first-order valence-electron chi connectivity index (χ1n) is 6.05. The number of ether oxygens (including phenoxy) is 1. The molecule has 0 aliphatic carbocycles. The van der Waals surface area contributed by atoms with Crippen LogP contribution in [0.5, 0.6) is 0 Å². The Labute approximate surface area is 95.8 Å². The molecule has 1 fully saturated rings. The molecule has 0 saturated carbocycles. The summed E-state index contributed by atoms with van der Waals surface area (Å²) in [5, 5.41) is 1.34. The van der Waals surface area contributed by atoms with Crippen LogP contribution in [0.3, 0.4) is 0 Å². The van der Waals surface area contributed by atoms with Crippen molar-refractivity contribution in [1.29, 1.82) is 0 Å². The number of aromatic nitrogens is 1. The molecule has 3 rings (SSSR count). The molecule has 1 aromatic carbocycles. The molecule has 1 aliphatic rings. The van der Waals surface area contributed by atoms with Gasteiger partial charge in [0.15, 0.2) is 0 Å². The summed E-state index contributed by atoms with van der Waals surface area (Å²) in [4.78, 5) is 0. The average molecular weight is 215 g/mol. The Balaban J connectivity index is 1.83. The van der Waals surface area contributed by atoms with E-state index < -0.39 is 0 Å². The lowest BCUT2D eigenvalue weighted by atomic mass is 10.0.